The van der Waals surface area contributed by atoms with Gasteiger partial charge in [0, 0.05) is 0 Å². The Hall–Kier alpha value is -2.09. The molecule has 0 saturated carbocycles. The minimum absolute atomic E-state index is 0.0580. The first-order valence-electron chi connectivity index (χ1n) is 7.70. The largest absolute Gasteiger partial charge is 0.349 e. The Morgan fingerprint density at radius 2 is 2.18 bits per heavy atom. The highest BCUT2D eigenvalue weighted by Crippen LogP contribution is 2.35. The van der Waals surface area contributed by atoms with E-state index in [9.17, 15) is 4.39 Å². The van der Waals surface area contributed by atoms with Crippen LogP contribution in [0.25, 0.3) is 0 Å². The number of hydrogen-bond donors (Lipinski definition) is 2. The molecule has 0 amide bonds. The lowest BCUT2D eigenvalue weighted by Gasteiger charge is -2.31. The van der Waals surface area contributed by atoms with Crippen LogP contribution in [0, 0.1) is 32.2 Å². The van der Waals surface area contributed by atoms with Crippen molar-refractivity contribution >= 4 is 5.96 Å². The molecule has 1 aromatic rings. The quantitative estimate of drug-likeness (QED) is 0.390. The first-order chi connectivity index (χ1) is 10.6. The number of halogens is 1. The summed E-state index contributed by atoms with van der Waals surface area (Å²) in [5.41, 5.74) is 6.60. The van der Waals surface area contributed by atoms with Crippen molar-refractivity contribution in [2.24, 2.45) is 4.99 Å². The molecule has 1 aliphatic rings. The van der Waals surface area contributed by atoms with Crippen LogP contribution < -0.4 is 10.6 Å². The van der Waals surface area contributed by atoms with Crippen molar-refractivity contribution in [1.82, 2.24) is 10.6 Å². The molecule has 0 heterocycles. The molecule has 5 heteroatoms. The number of aliphatic imine (C=N–C) groups is 1. The zero-order chi connectivity index (χ0) is 16.1. The van der Waals surface area contributed by atoms with E-state index in [4.69, 9.17) is 5.26 Å². The standard InChI is InChI=1S/C17H23FN4/c1-11-9-12(2)14-5-4-6-15(16(14)13(11)3)22-17(21-10-19)20-8-7-18/h9,15H,4-8H2,1-3H3,(H2,20,21,22). The maximum Gasteiger partial charge on any atom is 0.205 e. The molecule has 0 radical (unpaired) electrons. The summed E-state index contributed by atoms with van der Waals surface area (Å²) < 4.78 is 12.3. The zero-order valence-corrected chi connectivity index (χ0v) is 13.5. The minimum atomic E-state index is -0.531. The number of aryl methyl sites for hydroxylation is 2. The van der Waals surface area contributed by atoms with Crippen LogP contribution in [0.2, 0.25) is 0 Å². The second kappa shape index (κ2) is 7.26. The van der Waals surface area contributed by atoms with Crippen molar-refractivity contribution in [1.29, 1.82) is 5.26 Å². The highest BCUT2D eigenvalue weighted by molar-refractivity contribution is 5.81. The molecule has 4 nitrogen and oxygen atoms in total. The predicted molar refractivity (Wildman–Crippen MR) is 86.5 cm³/mol. The van der Waals surface area contributed by atoms with Gasteiger partial charge in [-0.2, -0.15) is 5.26 Å². The summed E-state index contributed by atoms with van der Waals surface area (Å²) in [4.78, 5) is 4.07. The van der Waals surface area contributed by atoms with E-state index in [2.05, 4.69) is 42.5 Å². The number of fused-ring (bicyclic) bond motifs is 1. The highest BCUT2D eigenvalue weighted by atomic mass is 19.1. The van der Waals surface area contributed by atoms with Crippen LogP contribution in [0.15, 0.2) is 11.1 Å². The van der Waals surface area contributed by atoms with Crippen molar-refractivity contribution < 1.29 is 4.39 Å². The molecule has 1 atom stereocenters. The molecule has 1 unspecified atom stereocenters. The Bertz CT molecular complexity index is 616. The molecular weight excluding hydrogens is 279 g/mol. The van der Waals surface area contributed by atoms with Gasteiger partial charge in [-0.05, 0) is 67.9 Å². The van der Waals surface area contributed by atoms with Gasteiger partial charge in [0.05, 0.1) is 12.6 Å². The van der Waals surface area contributed by atoms with E-state index < -0.39 is 6.67 Å². The monoisotopic (exact) mass is 302 g/mol. The lowest BCUT2D eigenvalue weighted by molar-refractivity contribution is 0.497. The molecule has 0 saturated heterocycles. The topological polar surface area (TPSA) is 60.2 Å². The number of nitrogens with zero attached hydrogens (tertiary/aromatic N) is 2. The third kappa shape index (κ3) is 3.38. The third-order valence-corrected chi connectivity index (χ3v) is 4.34. The average molecular weight is 302 g/mol. The Balaban J connectivity index is 2.34. The van der Waals surface area contributed by atoms with Crippen LogP contribution in [0.4, 0.5) is 4.39 Å². The van der Waals surface area contributed by atoms with Gasteiger partial charge in [-0.3, -0.25) is 5.32 Å². The second-order valence-corrected chi connectivity index (χ2v) is 5.77. The molecule has 0 spiro atoms. The number of alkyl halides is 1. The number of nitriles is 1. The average Bonchev–Trinajstić information content (AvgIpc) is 2.50. The first kappa shape index (κ1) is 16.3. The van der Waals surface area contributed by atoms with Crippen molar-refractivity contribution in [3.8, 4) is 6.19 Å². The number of benzene rings is 1. The van der Waals surface area contributed by atoms with Gasteiger partial charge in [0.25, 0.3) is 0 Å². The maximum atomic E-state index is 12.3. The van der Waals surface area contributed by atoms with Crippen molar-refractivity contribution in [2.75, 3.05) is 13.2 Å². The van der Waals surface area contributed by atoms with Gasteiger partial charge in [-0.1, -0.05) is 6.07 Å². The molecular formula is C17H23FN4. The van der Waals surface area contributed by atoms with Crippen LogP contribution in [0.1, 0.15) is 46.7 Å². The highest BCUT2D eigenvalue weighted by Gasteiger charge is 2.25. The normalized spacial score (nSPS) is 17.6. The fourth-order valence-electron chi connectivity index (χ4n) is 3.24. The SMILES string of the molecule is Cc1cc(C)c2c(c1C)C(NC(=NCCF)NC#N)CCC2. The molecule has 1 aliphatic carbocycles. The predicted octanol–water partition coefficient (Wildman–Crippen LogP) is 2.98. The second-order valence-electron chi connectivity index (χ2n) is 5.77. The Morgan fingerprint density at radius 1 is 1.41 bits per heavy atom. The molecule has 1 aromatic carbocycles. The Labute approximate surface area is 131 Å². The molecule has 2 N–H and O–H groups in total. The molecule has 0 fully saturated rings. The summed E-state index contributed by atoms with van der Waals surface area (Å²) in [6.45, 7) is 5.95. The van der Waals surface area contributed by atoms with E-state index in [0.29, 0.717) is 5.96 Å². The van der Waals surface area contributed by atoms with Crippen molar-refractivity contribution in [2.45, 2.75) is 46.1 Å². The van der Waals surface area contributed by atoms with E-state index >= 15 is 0 Å². The lowest BCUT2D eigenvalue weighted by Crippen LogP contribution is -2.39. The molecule has 22 heavy (non-hydrogen) atoms. The fourth-order valence-corrected chi connectivity index (χ4v) is 3.24. The molecule has 0 aliphatic heterocycles. The van der Waals surface area contributed by atoms with Crippen LogP contribution >= 0.6 is 0 Å². The van der Waals surface area contributed by atoms with Gasteiger partial charge in [0.1, 0.15) is 6.67 Å². The summed E-state index contributed by atoms with van der Waals surface area (Å²) in [6.07, 6.45) is 5.03. The van der Waals surface area contributed by atoms with E-state index in [1.165, 1.54) is 27.8 Å². The van der Waals surface area contributed by atoms with Gasteiger partial charge < -0.3 is 5.32 Å². The van der Waals surface area contributed by atoms with Gasteiger partial charge in [0.2, 0.25) is 5.96 Å². The van der Waals surface area contributed by atoms with Crippen molar-refractivity contribution in [3.05, 3.63) is 33.9 Å². The number of guanidine groups is 1. The van der Waals surface area contributed by atoms with E-state index in [1.807, 2.05) is 6.19 Å². The smallest absolute Gasteiger partial charge is 0.205 e. The number of hydrogen-bond acceptors (Lipinski definition) is 2. The first-order valence-corrected chi connectivity index (χ1v) is 7.70. The van der Waals surface area contributed by atoms with E-state index in [-0.39, 0.29) is 12.6 Å². The minimum Gasteiger partial charge on any atom is -0.349 e. The third-order valence-electron chi connectivity index (χ3n) is 4.34. The van der Waals surface area contributed by atoms with Gasteiger partial charge in [-0.15, -0.1) is 0 Å². The van der Waals surface area contributed by atoms with E-state index in [1.54, 1.807) is 0 Å². The lowest BCUT2D eigenvalue weighted by atomic mass is 9.81. The van der Waals surface area contributed by atoms with Crippen molar-refractivity contribution in [3.63, 3.8) is 0 Å². The van der Waals surface area contributed by atoms with Crippen LogP contribution in [0.3, 0.4) is 0 Å². The molecule has 2 rings (SSSR count). The molecule has 0 bridgehead atoms. The van der Waals surface area contributed by atoms with Crippen LogP contribution in [0.5, 0.6) is 0 Å². The number of rotatable bonds is 3. The summed E-state index contributed by atoms with van der Waals surface area (Å²) in [5, 5.41) is 14.6. The van der Waals surface area contributed by atoms with Gasteiger partial charge >= 0.3 is 0 Å². The summed E-state index contributed by atoms with van der Waals surface area (Å²) in [5.74, 6) is 0.358. The zero-order valence-electron chi connectivity index (χ0n) is 13.5. The van der Waals surface area contributed by atoms with Gasteiger partial charge in [0.15, 0.2) is 6.19 Å². The molecule has 0 aromatic heterocycles. The summed E-state index contributed by atoms with van der Waals surface area (Å²) in [7, 11) is 0. The number of nitrogens with one attached hydrogen (secondary N) is 2. The van der Waals surface area contributed by atoms with Gasteiger partial charge in [-0.25, -0.2) is 9.38 Å². The molecule has 118 valence electrons. The maximum absolute atomic E-state index is 12.3. The van der Waals surface area contributed by atoms with Crippen LogP contribution in [-0.4, -0.2) is 19.2 Å². The summed E-state index contributed by atoms with van der Waals surface area (Å²) in [6, 6.07) is 2.35. The Kier molecular flexibility index (Phi) is 5.37. The van der Waals surface area contributed by atoms with E-state index in [0.717, 1.165) is 19.3 Å². The Morgan fingerprint density at radius 3 is 2.86 bits per heavy atom. The fraction of sp³-hybridized carbons (Fsp3) is 0.529. The summed E-state index contributed by atoms with van der Waals surface area (Å²) >= 11 is 0. The van der Waals surface area contributed by atoms with Crippen LogP contribution in [-0.2, 0) is 6.42 Å².